The van der Waals surface area contributed by atoms with Crippen molar-refractivity contribution in [2.75, 3.05) is 13.1 Å². The number of hydrogen-bond donors (Lipinski definition) is 0. The van der Waals surface area contributed by atoms with Crippen LogP contribution in [0.3, 0.4) is 0 Å². The Morgan fingerprint density at radius 1 is 1.40 bits per heavy atom. The Hall–Kier alpha value is -1.95. The van der Waals surface area contributed by atoms with Crippen LogP contribution in [0.2, 0.25) is 0 Å². The lowest BCUT2D eigenvalue weighted by atomic mass is 9.89. The van der Waals surface area contributed by atoms with Gasteiger partial charge in [-0.2, -0.15) is 0 Å². The quantitative estimate of drug-likeness (QED) is 0.834. The first kappa shape index (κ1) is 17.9. The molecular weight excluding hydrogens is 318 g/mol. The molecule has 0 radical (unpaired) electrons. The summed E-state index contributed by atoms with van der Waals surface area (Å²) in [4.78, 5) is 19.1. The van der Waals surface area contributed by atoms with Crippen molar-refractivity contribution in [2.45, 2.75) is 59.7 Å². The second-order valence-corrected chi connectivity index (χ2v) is 8.82. The molecule has 25 heavy (non-hydrogen) atoms. The SMILES string of the molecule is C[C@@H]1CN(C(=O)c2cnc3onc(CC(C)(C)C)c3c2)CC(C)(C)O1. The smallest absolute Gasteiger partial charge is 0.257 e. The Labute approximate surface area is 148 Å². The van der Waals surface area contributed by atoms with Gasteiger partial charge in [0.25, 0.3) is 11.6 Å². The molecule has 0 aromatic carbocycles. The van der Waals surface area contributed by atoms with Gasteiger partial charge >= 0.3 is 0 Å². The second-order valence-electron chi connectivity index (χ2n) is 8.82. The van der Waals surface area contributed by atoms with Crippen LogP contribution in [-0.4, -0.2) is 45.7 Å². The third-order valence-corrected chi connectivity index (χ3v) is 4.21. The summed E-state index contributed by atoms with van der Waals surface area (Å²) < 4.78 is 11.2. The molecule has 1 aliphatic heterocycles. The van der Waals surface area contributed by atoms with E-state index in [2.05, 4.69) is 30.9 Å². The summed E-state index contributed by atoms with van der Waals surface area (Å²) in [6.45, 7) is 13.6. The number of fused-ring (bicyclic) bond motifs is 1. The lowest BCUT2D eigenvalue weighted by Gasteiger charge is -2.41. The monoisotopic (exact) mass is 345 g/mol. The first-order valence-electron chi connectivity index (χ1n) is 8.75. The predicted molar refractivity (Wildman–Crippen MR) is 95.5 cm³/mol. The highest BCUT2D eigenvalue weighted by molar-refractivity contribution is 5.97. The number of amides is 1. The molecule has 6 nitrogen and oxygen atoms in total. The molecule has 136 valence electrons. The van der Waals surface area contributed by atoms with Gasteiger partial charge in [0.05, 0.1) is 28.3 Å². The Morgan fingerprint density at radius 2 is 2.12 bits per heavy atom. The first-order valence-corrected chi connectivity index (χ1v) is 8.75. The average molecular weight is 345 g/mol. The van der Waals surface area contributed by atoms with Crippen LogP contribution >= 0.6 is 0 Å². The standard InChI is InChI=1S/C19H27N3O3/c1-12-10-22(11-19(5,6)24-12)17(23)13-7-14-15(8-18(2,3)4)21-25-16(14)20-9-13/h7,9,12H,8,10-11H2,1-6H3/t12-/m1/s1. The average Bonchev–Trinajstić information content (AvgIpc) is 2.85. The highest BCUT2D eigenvalue weighted by Gasteiger charge is 2.34. The minimum absolute atomic E-state index is 0.0106. The highest BCUT2D eigenvalue weighted by atomic mass is 16.5. The number of morpholine rings is 1. The number of aromatic nitrogens is 2. The fourth-order valence-corrected chi connectivity index (χ4v) is 3.42. The normalized spacial score (nSPS) is 20.9. The van der Waals surface area contributed by atoms with Gasteiger partial charge in [0, 0.05) is 19.3 Å². The van der Waals surface area contributed by atoms with Gasteiger partial charge in [0.2, 0.25) is 0 Å². The van der Waals surface area contributed by atoms with E-state index in [9.17, 15) is 4.79 Å². The van der Waals surface area contributed by atoms with Crippen molar-refractivity contribution in [1.29, 1.82) is 0 Å². The molecular formula is C19H27N3O3. The summed E-state index contributed by atoms with van der Waals surface area (Å²) in [6, 6.07) is 1.86. The maximum atomic E-state index is 13.0. The van der Waals surface area contributed by atoms with Gasteiger partial charge < -0.3 is 14.2 Å². The van der Waals surface area contributed by atoms with Crippen LogP contribution in [-0.2, 0) is 11.2 Å². The van der Waals surface area contributed by atoms with Crippen molar-refractivity contribution < 1.29 is 14.1 Å². The van der Waals surface area contributed by atoms with Gasteiger partial charge in [0.1, 0.15) is 0 Å². The summed E-state index contributed by atoms with van der Waals surface area (Å²) in [5, 5.41) is 4.97. The molecule has 1 atom stereocenters. The van der Waals surface area contributed by atoms with Crippen molar-refractivity contribution >= 4 is 17.0 Å². The molecule has 3 heterocycles. The summed E-state index contributed by atoms with van der Waals surface area (Å²) in [6.07, 6.45) is 2.35. The molecule has 6 heteroatoms. The Morgan fingerprint density at radius 3 is 2.76 bits per heavy atom. The lowest BCUT2D eigenvalue weighted by Crippen LogP contribution is -2.53. The number of carbonyl (C=O) groups is 1. The van der Waals surface area contributed by atoms with E-state index >= 15 is 0 Å². The second kappa shape index (κ2) is 6.09. The van der Waals surface area contributed by atoms with Crippen LogP contribution in [0.1, 0.15) is 57.6 Å². The number of ether oxygens (including phenoxy) is 1. The van der Waals surface area contributed by atoms with Crippen molar-refractivity contribution in [1.82, 2.24) is 15.0 Å². The minimum atomic E-state index is -0.348. The molecule has 0 unspecified atom stereocenters. The molecule has 3 rings (SSSR count). The zero-order valence-corrected chi connectivity index (χ0v) is 15.9. The zero-order valence-electron chi connectivity index (χ0n) is 15.9. The summed E-state index contributed by atoms with van der Waals surface area (Å²) >= 11 is 0. The number of nitrogens with zero attached hydrogens (tertiary/aromatic N) is 3. The van der Waals surface area contributed by atoms with Gasteiger partial charge in [-0.1, -0.05) is 25.9 Å². The summed E-state index contributed by atoms with van der Waals surface area (Å²) in [5.41, 5.74) is 1.62. The zero-order chi connectivity index (χ0) is 18.4. The largest absolute Gasteiger partial charge is 0.369 e. The molecule has 0 bridgehead atoms. The summed E-state index contributed by atoms with van der Waals surface area (Å²) in [7, 11) is 0. The molecule has 1 saturated heterocycles. The van der Waals surface area contributed by atoms with Crippen molar-refractivity contribution in [3.63, 3.8) is 0 Å². The maximum Gasteiger partial charge on any atom is 0.257 e. The van der Waals surface area contributed by atoms with E-state index in [1.54, 1.807) is 6.20 Å². The molecule has 0 saturated carbocycles. The minimum Gasteiger partial charge on any atom is -0.369 e. The van der Waals surface area contributed by atoms with E-state index in [1.807, 2.05) is 31.7 Å². The Balaban J connectivity index is 1.90. The maximum absolute atomic E-state index is 13.0. The van der Waals surface area contributed by atoms with Gasteiger partial charge in [0.15, 0.2) is 0 Å². The Bertz CT molecular complexity index is 789. The Kier molecular flexibility index (Phi) is 4.35. The van der Waals surface area contributed by atoms with Crippen LogP contribution in [0.15, 0.2) is 16.8 Å². The predicted octanol–water partition coefficient (Wildman–Crippen LogP) is 3.45. The lowest BCUT2D eigenvalue weighted by molar-refractivity contribution is -0.118. The van der Waals surface area contributed by atoms with Gasteiger partial charge in [-0.25, -0.2) is 4.98 Å². The molecule has 0 N–H and O–H groups in total. The molecule has 2 aromatic rings. The van der Waals surface area contributed by atoms with Crippen molar-refractivity contribution in [3.8, 4) is 0 Å². The molecule has 1 fully saturated rings. The van der Waals surface area contributed by atoms with Gasteiger partial charge in [-0.15, -0.1) is 0 Å². The van der Waals surface area contributed by atoms with E-state index < -0.39 is 0 Å². The van der Waals surface area contributed by atoms with E-state index in [4.69, 9.17) is 9.26 Å². The van der Waals surface area contributed by atoms with Crippen LogP contribution in [0.5, 0.6) is 0 Å². The molecule has 0 spiro atoms. The van der Waals surface area contributed by atoms with E-state index in [0.717, 1.165) is 17.5 Å². The van der Waals surface area contributed by atoms with Crippen LogP contribution in [0.25, 0.3) is 11.1 Å². The molecule has 0 aliphatic carbocycles. The number of hydrogen-bond acceptors (Lipinski definition) is 5. The highest BCUT2D eigenvalue weighted by Crippen LogP contribution is 2.27. The van der Waals surface area contributed by atoms with Crippen molar-refractivity contribution in [2.24, 2.45) is 5.41 Å². The number of pyridine rings is 1. The third kappa shape index (κ3) is 4.00. The topological polar surface area (TPSA) is 68.5 Å². The van der Waals surface area contributed by atoms with Crippen LogP contribution in [0.4, 0.5) is 0 Å². The fraction of sp³-hybridized carbons (Fsp3) is 0.632. The van der Waals surface area contributed by atoms with E-state index in [0.29, 0.717) is 24.4 Å². The van der Waals surface area contributed by atoms with E-state index in [-0.39, 0.29) is 23.0 Å². The fourth-order valence-electron chi connectivity index (χ4n) is 3.42. The van der Waals surface area contributed by atoms with Crippen LogP contribution < -0.4 is 0 Å². The third-order valence-electron chi connectivity index (χ3n) is 4.21. The first-order chi connectivity index (χ1) is 11.5. The van der Waals surface area contributed by atoms with Gasteiger partial charge in [-0.3, -0.25) is 4.79 Å². The molecule has 1 aliphatic rings. The van der Waals surface area contributed by atoms with Crippen molar-refractivity contribution in [3.05, 3.63) is 23.5 Å². The molecule has 1 amide bonds. The number of rotatable bonds is 2. The summed E-state index contributed by atoms with van der Waals surface area (Å²) in [5.74, 6) is -0.0273. The molecule has 2 aromatic heterocycles. The number of carbonyl (C=O) groups excluding carboxylic acids is 1. The van der Waals surface area contributed by atoms with Crippen LogP contribution in [0, 0.1) is 5.41 Å². The van der Waals surface area contributed by atoms with E-state index in [1.165, 1.54) is 0 Å². The van der Waals surface area contributed by atoms with Gasteiger partial charge in [-0.05, 0) is 38.7 Å².